The van der Waals surface area contributed by atoms with Crippen molar-refractivity contribution in [1.82, 2.24) is 15.5 Å². The minimum atomic E-state index is -1.39. The summed E-state index contributed by atoms with van der Waals surface area (Å²) in [6.07, 6.45) is -1.57. The number of carboxylic acids is 1. The van der Waals surface area contributed by atoms with Crippen molar-refractivity contribution in [2.24, 2.45) is 0 Å². The van der Waals surface area contributed by atoms with E-state index in [0.29, 0.717) is 6.61 Å². The number of carboxylic acid groups (broad SMARTS) is 1. The number of alkyl carbamates (subject to hydrolysis) is 1. The Kier molecular flexibility index (Phi) is 8.80. The molecule has 3 N–H and O–H groups in total. The number of likely N-dealkylation sites (N-methyl/N-ethyl adjacent to an activating group) is 1. The van der Waals surface area contributed by atoms with E-state index >= 15 is 0 Å². The molecule has 3 rings (SSSR count). The van der Waals surface area contributed by atoms with Crippen molar-refractivity contribution in [2.45, 2.75) is 18.4 Å². The molecule has 0 aromatic heterocycles. The highest BCUT2D eigenvalue weighted by Gasteiger charge is 2.31. The van der Waals surface area contributed by atoms with Gasteiger partial charge in [0.05, 0.1) is 19.6 Å². The molecule has 0 bridgehead atoms. The van der Waals surface area contributed by atoms with Gasteiger partial charge >= 0.3 is 12.1 Å². The predicted octanol–water partition coefficient (Wildman–Crippen LogP) is 1.59. The molecule has 2 aromatic rings. The summed E-state index contributed by atoms with van der Waals surface area (Å²) < 4.78 is 10.3. The lowest BCUT2D eigenvalue weighted by atomic mass is 9.98. The van der Waals surface area contributed by atoms with E-state index in [4.69, 9.17) is 9.47 Å². The Balaban J connectivity index is 1.61. The molecule has 0 aliphatic heterocycles. The molecule has 3 amide bonds. The molecule has 10 heteroatoms. The zero-order valence-electron chi connectivity index (χ0n) is 19.7. The van der Waals surface area contributed by atoms with E-state index in [0.717, 1.165) is 27.2 Å². The van der Waals surface area contributed by atoms with Gasteiger partial charge in [-0.2, -0.15) is 0 Å². The van der Waals surface area contributed by atoms with E-state index in [-0.39, 0.29) is 25.6 Å². The Bertz CT molecular complexity index is 1040. The molecule has 0 spiro atoms. The second-order valence-corrected chi connectivity index (χ2v) is 8.16. The van der Waals surface area contributed by atoms with Gasteiger partial charge in [0.15, 0.2) is 0 Å². The number of nitrogens with zero attached hydrogens (tertiary/aromatic N) is 1. The largest absolute Gasteiger partial charge is 0.481 e. The molecule has 0 fully saturated rings. The summed E-state index contributed by atoms with van der Waals surface area (Å²) in [4.78, 5) is 49.6. The highest BCUT2D eigenvalue weighted by atomic mass is 16.5. The Morgan fingerprint density at radius 2 is 1.63 bits per heavy atom. The molecule has 10 nitrogen and oxygen atoms in total. The van der Waals surface area contributed by atoms with E-state index in [1.807, 2.05) is 48.5 Å². The normalized spacial score (nSPS) is 12.7. The third-order valence-electron chi connectivity index (χ3n) is 5.70. The highest BCUT2D eigenvalue weighted by molar-refractivity contribution is 5.91. The fourth-order valence-corrected chi connectivity index (χ4v) is 4.06. The highest BCUT2D eigenvalue weighted by Crippen LogP contribution is 2.44. The van der Waals surface area contributed by atoms with Crippen LogP contribution < -0.4 is 10.6 Å². The SMILES string of the molecule is COCCNC(=O)CN(C)C(=O)C(CC(=O)O)NC(=O)OCC1c2ccccc2-c2ccccc21. The maximum absolute atomic E-state index is 12.8. The molecule has 35 heavy (non-hydrogen) atoms. The Morgan fingerprint density at radius 3 is 2.20 bits per heavy atom. The number of hydrogen-bond donors (Lipinski definition) is 3. The molecule has 2 aromatic carbocycles. The second-order valence-electron chi connectivity index (χ2n) is 8.16. The summed E-state index contributed by atoms with van der Waals surface area (Å²) in [7, 11) is 2.85. The van der Waals surface area contributed by atoms with Crippen LogP contribution in [0.1, 0.15) is 23.5 Å². The lowest BCUT2D eigenvalue weighted by molar-refractivity contribution is -0.142. The van der Waals surface area contributed by atoms with Crippen LogP contribution in [-0.2, 0) is 23.9 Å². The molecule has 186 valence electrons. The van der Waals surface area contributed by atoms with Gasteiger partial charge < -0.3 is 30.1 Å². The van der Waals surface area contributed by atoms with Crippen LogP contribution in [0.15, 0.2) is 48.5 Å². The van der Waals surface area contributed by atoms with Gasteiger partial charge in [-0.05, 0) is 22.3 Å². The van der Waals surface area contributed by atoms with Gasteiger partial charge in [-0.3, -0.25) is 14.4 Å². The Labute approximate surface area is 203 Å². The Hall–Kier alpha value is -3.92. The van der Waals surface area contributed by atoms with Crippen LogP contribution in [0.3, 0.4) is 0 Å². The van der Waals surface area contributed by atoms with Crippen molar-refractivity contribution in [2.75, 3.05) is 40.5 Å². The first-order chi connectivity index (χ1) is 16.8. The maximum atomic E-state index is 12.8. The van der Waals surface area contributed by atoms with Gasteiger partial charge in [0.1, 0.15) is 12.6 Å². The molecule has 1 unspecified atom stereocenters. The van der Waals surface area contributed by atoms with Crippen molar-refractivity contribution < 1.29 is 33.8 Å². The monoisotopic (exact) mass is 483 g/mol. The first-order valence-corrected chi connectivity index (χ1v) is 11.2. The number of rotatable bonds is 11. The number of aliphatic carboxylic acids is 1. The van der Waals surface area contributed by atoms with Crippen LogP contribution in [0.25, 0.3) is 11.1 Å². The van der Waals surface area contributed by atoms with Crippen molar-refractivity contribution in [1.29, 1.82) is 0 Å². The number of hydrogen-bond acceptors (Lipinski definition) is 6. The molecule has 0 radical (unpaired) electrons. The van der Waals surface area contributed by atoms with Gasteiger partial charge in [-0.1, -0.05) is 48.5 Å². The number of carbonyl (C=O) groups excluding carboxylic acids is 3. The summed E-state index contributed by atoms with van der Waals surface area (Å²) in [5, 5.41) is 14.1. The molecular formula is C25H29N3O7. The number of nitrogens with one attached hydrogen (secondary N) is 2. The summed E-state index contributed by atoms with van der Waals surface area (Å²) in [6, 6.07) is 14.3. The third kappa shape index (κ3) is 6.57. The third-order valence-corrected chi connectivity index (χ3v) is 5.70. The van der Waals surface area contributed by atoms with Crippen LogP contribution >= 0.6 is 0 Å². The van der Waals surface area contributed by atoms with Gasteiger partial charge in [0.2, 0.25) is 11.8 Å². The quantitative estimate of drug-likeness (QED) is 0.413. The van der Waals surface area contributed by atoms with Crippen LogP contribution in [-0.4, -0.2) is 80.4 Å². The topological polar surface area (TPSA) is 134 Å². The van der Waals surface area contributed by atoms with Crippen LogP contribution in [0.4, 0.5) is 4.79 Å². The van der Waals surface area contributed by atoms with Gasteiger partial charge in [0, 0.05) is 26.6 Å². The summed E-state index contributed by atoms with van der Waals surface area (Å²) in [5.74, 6) is -2.61. The molecule has 0 saturated carbocycles. The molecule has 0 saturated heterocycles. The average molecular weight is 484 g/mol. The standard InChI is InChI=1S/C25H29N3O7/c1-28(14-22(29)26-11-12-34-2)24(32)21(13-23(30)31)27-25(33)35-15-20-18-9-5-3-7-16(18)17-8-4-6-10-19(17)20/h3-10,20-21H,11-15H2,1-2H3,(H,26,29)(H,27,33)(H,30,31). The summed E-state index contributed by atoms with van der Waals surface area (Å²) in [6.45, 7) is 0.304. The van der Waals surface area contributed by atoms with Crippen molar-refractivity contribution in [3.63, 3.8) is 0 Å². The number of carbonyl (C=O) groups is 4. The van der Waals surface area contributed by atoms with Gasteiger partial charge in [-0.25, -0.2) is 4.79 Å². The smallest absolute Gasteiger partial charge is 0.407 e. The lowest BCUT2D eigenvalue weighted by Gasteiger charge is -2.23. The van der Waals surface area contributed by atoms with E-state index < -0.39 is 36.3 Å². The zero-order chi connectivity index (χ0) is 25.4. The van der Waals surface area contributed by atoms with Crippen LogP contribution in [0.2, 0.25) is 0 Å². The number of methoxy groups -OCH3 is 1. The minimum absolute atomic E-state index is 0.0194. The fraction of sp³-hybridized carbons (Fsp3) is 0.360. The minimum Gasteiger partial charge on any atom is -0.481 e. The number of ether oxygens (including phenoxy) is 2. The van der Waals surface area contributed by atoms with E-state index in [1.54, 1.807) is 0 Å². The summed E-state index contributed by atoms with van der Waals surface area (Å²) >= 11 is 0. The lowest BCUT2D eigenvalue weighted by Crippen LogP contribution is -2.50. The van der Waals surface area contributed by atoms with Crippen molar-refractivity contribution in [3.05, 3.63) is 59.7 Å². The van der Waals surface area contributed by atoms with Crippen molar-refractivity contribution in [3.8, 4) is 11.1 Å². The fourth-order valence-electron chi connectivity index (χ4n) is 4.06. The average Bonchev–Trinajstić information content (AvgIpc) is 3.15. The predicted molar refractivity (Wildman–Crippen MR) is 127 cm³/mol. The van der Waals surface area contributed by atoms with E-state index in [9.17, 15) is 24.3 Å². The Morgan fingerprint density at radius 1 is 1.03 bits per heavy atom. The molecule has 1 atom stereocenters. The number of benzene rings is 2. The number of amides is 3. The molecular weight excluding hydrogens is 454 g/mol. The first-order valence-electron chi connectivity index (χ1n) is 11.2. The molecule has 1 aliphatic carbocycles. The second kappa shape index (κ2) is 12.0. The van der Waals surface area contributed by atoms with E-state index in [2.05, 4.69) is 10.6 Å². The van der Waals surface area contributed by atoms with Gasteiger partial charge in [0.25, 0.3) is 0 Å². The number of fused-ring (bicyclic) bond motifs is 3. The maximum Gasteiger partial charge on any atom is 0.407 e. The molecule has 0 heterocycles. The van der Waals surface area contributed by atoms with Gasteiger partial charge in [-0.15, -0.1) is 0 Å². The first kappa shape index (κ1) is 25.7. The van der Waals surface area contributed by atoms with Crippen molar-refractivity contribution >= 4 is 23.9 Å². The van der Waals surface area contributed by atoms with Crippen LogP contribution in [0.5, 0.6) is 0 Å². The zero-order valence-corrected chi connectivity index (χ0v) is 19.7. The summed E-state index contributed by atoms with van der Waals surface area (Å²) in [5.41, 5.74) is 4.20. The van der Waals surface area contributed by atoms with E-state index in [1.165, 1.54) is 14.2 Å². The molecule has 1 aliphatic rings. The van der Waals surface area contributed by atoms with Crippen LogP contribution in [0, 0.1) is 0 Å².